The Morgan fingerprint density at radius 3 is 2.28 bits per heavy atom. The van der Waals surface area contributed by atoms with Crippen molar-refractivity contribution < 1.29 is 9.47 Å². The van der Waals surface area contributed by atoms with Gasteiger partial charge in [0.15, 0.2) is 0 Å². The molecule has 0 aliphatic heterocycles. The molecule has 3 nitrogen and oxygen atoms in total. The zero-order valence-corrected chi connectivity index (χ0v) is 11.7. The lowest BCUT2D eigenvalue weighted by Crippen LogP contribution is -2.10. The molecule has 1 aromatic carbocycles. The molecular weight excluding hydrogens is 226 g/mol. The van der Waals surface area contributed by atoms with Crippen LogP contribution in [0.4, 0.5) is 0 Å². The first-order valence-corrected chi connectivity index (χ1v) is 6.61. The number of ether oxygens (including phenoxy) is 2. The second-order valence-corrected chi connectivity index (χ2v) is 4.85. The van der Waals surface area contributed by atoms with E-state index in [-0.39, 0.29) is 6.10 Å². The van der Waals surface area contributed by atoms with Crippen LogP contribution in [0, 0.1) is 0 Å². The lowest BCUT2D eigenvalue weighted by Gasteiger charge is -2.10. The lowest BCUT2D eigenvalue weighted by molar-refractivity contribution is 0.0143. The van der Waals surface area contributed by atoms with Crippen molar-refractivity contribution in [2.24, 2.45) is 5.73 Å². The Morgan fingerprint density at radius 2 is 1.72 bits per heavy atom. The molecule has 0 saturated heterocycles. The fraction of sp³-hybridized carbons (Fsp3) is 0.600. The van der Waals surface area contributed by atoms with E-state index in [0.29, 0.717) is 32.3 Å². The van der Waals surface area contributed by atoms with Gasteiger partial charge in [0.2, 0.25) is 0 Å². The van der Waals surface area contributed by atoms with Crippen molar-refractivity contribution in [2.45, 2.75) is 39.4 Å². The lowest BCUT2D eigenvalue weighted by atomic mass is 10.0. The number of rotatable bonds is 8. The molecule has 1 atom stereocenters. The van der Waals surface area contributed by atoms with Crippen molar-refractivity contribution in [3.63, 3.8) is 0 Å². The standard InChI is InChI=1S/C15H25NO2/c1-12(2)18-9-8-17-11-14-4-6-15(7-5-14)13(3)10-16/h4-7,12-13H,8-11,16H2,1-3H3. The van der Waals surface area contributed by atoms with E-state index in [9.17, 15) is 0 Å². The Hall–Kier alpha value is -0.900. The number of hydrogen-bond donors (Lipinski definition) is 1. The largest absolute Gasteiger partial charge is 0.376 e. The average Bonchev–Trinajstić information content (AvgIpc) is 2.38. The maximum atomic E-state index is 5.64. The summed E-state index contributed by atoms with van der Waals surface area (Å²) in [5.74, 6) is 0.416. The van der Waals surface area contributed by atoms with Gasteiger partial charge in [0.1, 0.15) is 0 Å². The molecule has 102 valence electrons. The van der Waals surface area contributed by atoms with Crippen LogP contribution in [-0.4, -0.2) is 25.9 Å². The predicted molar refractivity (Wildman–Crippen MR) is 74.7 cm³/mol. The minimum Gasteiger partial charge on any atom is -0.376 e. The molecule has 0 heterocycles. The summed E-state index contributed by atoms with van der Waals surface area (Å²) in [6.45, 7) is 8.80. The van der Waals surface area contributed by atoms with E-state index >= 15 is 0 Å². The van der Waals surface area contributed by atoms with Gasteiger partial charge in [0.25, 0.3) is 0 Å². The second kappa shape index (κ2) is 8.25. The van der Waals surface area contributed by atoms with E-state index < -0.39 is 0 Å². The molecule has 1 unspecified atom stereocenters. The molecular formula is C15H25NO2. The molecule has 0 aliphatic carbocycles. The molecule has 0 fully saturated rings. The van der Waals surface area contributed by atoms with Gasteiger partial charge < -0.3 is 15.2 Å². The summed E-state index contributed by atoms with van der Waals surface area (Å²) >= 11 is 0. The Balaban J connectivity index is 2.27. The van der Waals surface area contributed by atoms with Crippen molar-refractivity contribution >= 4 is 0 Å². The van der Waals surface area contributed by atoms with Gasteiger partial charge in [-0.05, 0) is 37.4 Å². The maximum absolute atomic E-state index is 5.64. The molecule has 0 bridgehead atoms. The highest BCUT2D eigenvalue weighted by Gasteiger charge is 2.02. The van der Waals surface area contributed by atoms with Gasteiger partial charge >= 0.3 is 0 Å². The minimum absolute atomic E-state index is 0.269. The van der Waals surface area contributed by atoms with Gasteiger partial charge in [-0.1, -0.05) is 31.2 Å². The monoisotopic (exact) mass is 251 g/mol. The Kier molecular flexibility index (Phi) is 6.94. The van der Waals surface area contributed by atoms with Gasteiger partial charge in [-0.3, -0.25) is 0 Å². The van der Waals surface area contributed by atoms with Crippen LogP contribution in [0.25, 0.3) is 0 Å². The van der Waals surface area contributed by atoms with E-state index in [2.05, 4.69) is 31.2 Å². The van der Waals surface area contributed by atoms with E-state index in [1.807, 2.05) is 13.8 Å². The normalized spacial score (nSPS) is 12.9. The highest BCUT2D eigenvalue weighted by molar-refractivity contribution is 5.24. The van der Waals surface area contributed by atoms with Gasteiger partial charge in [-0.2, -0.15) is 0 Å². The van der Waals surface area contributed by atoms with Gasteiger partial charge in [-0.25, -0.2) is 0 Å². The van der Waals surface area contributed by atoms with Crippen LogP contribution in [0.5, 0.6) is 0 Å². The van der Waals surface area contributed by atoms with Crippen LogP contribution < -0.4 is 5.73 Å². The average molecular weight is 251 g/mol. The molecule has 0 aromatic heterocycles. The molecule has 18 heavy (non-hydrogen) atoms. The summed E-state index contributed by atoms with van der Waals surface area (Å²) in [5.41, 5.74) is 8.11. The van der Waals surface area contributed by atoms with E-state index in [1.165, 1.54) is 11.1 Å². The topological polar surface area (TPSA) is 44.5 Å². The van der Waals surface area contributed by atoms with Crippen molar-refractivity contribution in [3.8, 4) is 0 Å². The summed E-state index contributed by atoms with van der Waals surface area (Å²) in [6, 6.07) is 8.46. The fourth-order valence-corrected chi connectivity index (χ4v) is 1.61. The van der Waals surface area contributed by atoms with Gasteiger partial charge in [0.05, 0.1) is 25.9 Å². The number of hydrogen-bond acceptors (Lipinski definition) is 3. The molecule has 3 heteroatoms. The molecule has 1 rings (SSSR count). The molecule has 0 aliphatic rings. The maximum Gasteiger partial charge on any atom is 0.0718 e. The summed E-state index contributed by atoms with van der Waals surface area (Å²) in [4.78, 5) is 0. The highest BCUT2D eigenvalue weighted by atomic mass is 16.5. The van der Waals surface area contributed by atoms with Crippen LogP contribution in [-0.2, 0) is 16.1 Å². The number of benzene rings is 1. The van der Waals surface area contributed by atoms with Crippen LogP contribution in [0.15, 0.2) is 24.3 Å². The highest BCUT2D eigenvalue weighted by Crippen LogP contribution is 2.14. The van der Waals surface area contributed by atoms with Crippen molar-refractivity contribution in [1.29, 1.82) is 0 Å². The van der Waals surface area contributed by atoms with Crippen molar-refractivity contribution in [3.05, 3.63) is 35.4 Å². The van der Waals surface area contributed by atoms with E-state index in [1.54, 1.807) is 0 Å². The summed E-state index contributed by atoms with van der Waals surface area (Å²) in [7, 11) is 0. The van der Waals surface area contributed by atoms with Crippen LogP contribution >= 0.6 is 0 Å². The predicted octanol–water partition coefficient (Wildman–Crippen LogP) is 2.69. The first-order chi connectivity index (χ1) is 8.63. The van der Waals surface area contributed by atoms with E-state index in [4.69, 9.17) is 15.2 Å². The smallest absolute Gasteiger partial charge is 0.0718 e. The van der Waals surface area contributed by atoms with Crippen LogP contribution in [0.1, 0.15) is 37.8 Å². The molecule has 0 spiro atoms. The molecule has 0 saturated carbocycles. The van der Waals surface area contributed by atoms with Crippen LogP contribution in [0.3, 0.4) is 0 Å². The third-order valence-electron chi connectivity index (χ3n) is 2.85. The quantitative estimate of drug-likeness (QED) is 0.722. The van der Waals surface area contributed by atoms with E-state index in [0.717, 1.165) is 0 Å². The summed E-state index contributed by atoms with van der Waals surface area (Å²) in [6.07, 6.45) is 0.269. The number of nitrogens with two attached hydrogens (primary N) is 1. The zero-order chi connectivity index (χ0) is 13.4. The van der Waals surface area contributed by atoms with Crippen molar-refractivity contribution in [1.82, 2.24) is 0 Å². The fourth-order valence-electron chi connectivity index (χ4n) is 1.61. The first kappa shape index (κ1) is 15.2. The zero-order valence-electron chi connectivity index (χ0n) is 11.7. The van der Waals surface area contributed by atoms with Crippen molar-refractivity contribution in [2.75, 3.05) is 19.8 Å². The molecule has 2 N–H and O–H groups in total. The molecule has 1 aromatic rings. The Morgan fingerprint density at radius 1 is 1.06 bits per heavy atom. The third-order valence-corrected chi connectivity index (χ3v) is 2.85. The minimum atomic E-state index is 0.269. The third kappa shape index (κ3) is 5.63. The second-order valence-electron chi connectivity index (χ2n) is 4.85. The first-order valence-electron chi connectivity index (χ1n) is 6.61. The Labute approximate surface area is 110 Å². The SMILES string of the molecule is CC(C)OCCOCc1ccc(C(C)CN)cc1. The molecule has 0 radical (unpaired) electrons. The summed E-state index contributed by atoms with van der Waals surface area (Å²) < 4.78 is 11.0. The van der Waals surface area contributed by atoms with Gasteiger partial charge in [0, 0.05) is 0 Å². The summed E-state index contributed by atoms with van der Waals surface area (Å²) in [5, 5.41) is 0. The van der Waals surface area contributed by atoms with Crippen LogP contribution in [0.2, 0.25) is 0 Å². The molecule has 0 amide bonds. The Bertz CT molecular complexity index is 322. The van der Waals surface area contributed by atoms with Gasteiger partial charge in [-0.15, -0.1) is 0 Å².